The van der Waals surface area contributed by atoms with Crippen molar-refractivity contribution in [3.05, 3.63) is 72.0 Å². The van der Waals surface area contributed by atoms with E-state index in [0.29, 0.717) is 12.4 Å². The van der Waals surface area contributed by atoms with Crippen molar-refractivity contribution in [1.82, 2.24) is 9.97 Å². The van der Waals surface area contributed by atoms with Crippen molar-refractivity contribution in [2.24, 2.45) is 0 Å². The average Bonchev–Trinajstić information content (AvgIpc) is 2.62. The Morgan fingerprint density at radius 1 is 0.889 bits per heavy atom. The molecule has 0 bridgehead atoms. The van der Waals surface area contributed by atoms with E-state index in [1.807, 2.05) is 36.4 Å². The lowest BCUT2D eigenvalue weighted by Gasteiger charge is -2.22. The lowest BCUT2D eigenvalue weighted by Crippen LogP contribution is -2.27. The first-order valence-electron chi connectivity index (χ1n) is 9.10. The summed E-state index contributed by atoms with van der Waals surface area (Å²) in [5, 5.41) is 6.77. The van der Waals surface area contributed by atoms with E-state index < -0.39 is 0 Å². The predicted octanol–water partition coefficient (Wildman–Crippen LogP) is 5.15. The topological polar surface area (TPSA) is 49.8 Å². The first kappa shape index (κ1) is 18.8. The maximum absolute atomic E-state index is 13.0. The molecule has 0 aliphatic carbocycles. The maximum atomic E-state index is 13.0. The van der Waals surface area contributed by atoms with Gasteiger partial charge in [0.1, 0.15) is 17.5 Å². The number of nitrogens with zero attached hydrogens (tertiary/aromatic N) is 2. The van der Waals surface area contributed by atoms with E-state index in [2.05, 4.69) is 41.4 Å². The zero-order valence-corrected chi connectivity index (χ0v) is 16.0. The number of hydrogen-bond donors (Lipinski definition) is 2. The second kappa shape index (κ2) is 8.16. The molecule has 3 rings (SSSR count). The Morgan fingerprint density at radius 3 is 2.22 bits per heavy atom. The molecular weight excluding hydrogens is 339 g/mol. The molecule has 0 amide bonds. The van der Waals surface area contributed by atoms with Gasteiger partial charge in [-0.15, -0.1) is 0 Å². The number of hydrogen-bond acceptors (Lipinski definition) is 4. The van der Waals surface area contributed by atoms with Crippen LogP contribution >= 0.6 is 0 Å². The Morgan fingerprint density at radius 2 is 1.56 bits per heavy atom. The number of rotatable bonds is 6. The van der Waals surface area contributed by atoms with Crippen molar-refractivity contribution in [3.63, 3.8) is 0 Å². The van der Waals surface area contributed by atoms with E-state index in [9.17, 15) is 4.39 Å². The molecule has 2 aromatic carbocycles. The van der Waals surface area contributed by atoms with Crippen LogP contribution in [0.5, 0.6) is 0 Å². The minimum atomic E-state index is -0.215. The smallest absolute Gasteiger partial charge is 0.163 e. The van der Waals surface area contributed by atoms with Crippen molar-refractivity contribution >= 4 is 11.6 Å². The Bertz CT molecular complexity index is 871. The number of nitrogens with one attached hydrogen (secondary N) is 2. The van der Waals surface area contributed by atoms with Crippen molar-refractivity contribution in [3.8, 4) is 11.4 Å². The van der Waals surface area contributed by atoms with Crippen LogP contribution in [0.2, 0.25) is 0 Å². The van der Waals surface area contributed by atoms with Crippen molar-refractivity contribution in [1.29, 1.82) is 0 Å². The second-order valence-electron chi connectivity index (χ2n) is 7.51. The normalized spacial score (nSPS) is 11.3. The molecule has 0 atom stereocenters. The molecule has 0 spiro atoms. The van der Waals surface area contributed by atoms with Gasteiger partial charge >= 0.3 is 0 Å². The summed E-state index contributed by atoms with van der Waals surface area (Å²) in [7, 11) is 0. The summed E-state index contributed by atoms with van der Waals surface area (Å²) in [6.45, 7) is 6.99. The second-order valence-corrected chi connectivity index (χ2v) is 7.51. The van der Waals surface area contributed by atoms with Crippen LogP contribution in [-0.2, 0) is 6.42 Å². The van der Waals surface area contributed by atoms with Gasteiger partial charge in [-0.05, 0) is 44.9 Å². The molecule has 0 saturated carbocycles. The summed E-state index contributed by atoms with van der Waals surface area (Å²) >= 11 is 0. The van der Waals surface area contributed by atoms with Gasteiger partial charge in [-0.2, -0.15) is 0 Å². The largest absolute Gasteiger partial charge is 0.370 e. The fourth-order valence-corrected chi connectivity index (χ4v) is 2.69. The number of benzene rings is 2. The van der Waals surface area contributed by atoms with Crippen LogP contribution in [0, 0.1) is 5.82 Å². The van der Waals surface area contributed by atoms with Crippen LogP contribution in [0.15, 0.2) is 60.7 Å². The van der Waals surface area contributed by atoms with E-state index in [4.69, 9.17) is 0 Å². The minimum Gasteiger partial charge on any atom is -0.370 e. The van der Waals surface area contributed by atoms with Crippen molar-refractivity contribution in [2.45, 2.75) is 32.7 Å². The molecule has 0 fully saturated rings. The first-order valence-corrected chi connectivity index (χ1v) is 9.10. The fraction of sp³-hybridized carbons (Fsp3) is 0.273. The van der Waals surface area contributed by atoms with E-state index in [1.165, 1.54) is 12.1 Å². The third-order valence-corrected chi connectivity index (χ3v) is 3.89. The van der Waals surface area contributed by atoms with Crippen LogP contribution in [0.3, 0.4) is 0 Å². The van der Waals surface area contributed by atoms with E-state index in [0.717, 1.165) is 29.2 Å². The molecule has 1 heterocycles. The standard InChI is InChI=1S/C22H25FN4/c1-22(2,3)27-20-15-19(24-14-13-16-9-11-18(23)12-10-16)25-21(26-20)17-7-5-4-6-8-17/h4-12,15H,13-14H2,1-3H3,(H2,24,25,26,27). The maximum Gasteiger partial charge on any atom is 0.163 e. The van der Waals surface area contributed by atoms with Crippen LogP contribution in [0.1, 0.15) is 26.3 Å². The van der Waals surface area contributed by atoms with Gasteiger partial charge in [0.25, 0.3) is 0 Å². The molecule has 2 N–H and O–H groups in total. The Kier molecular flexibility index (Phi) is 5.69. The molecule has 1 aromatic heterocycles. The summed E-state index contributed by atoms with van der Waals surface area (Å²) in [5.74, 6) is 2.00. The molecule has 27 heavy (non-hydrogen) atoms. The molecular formula is C22H25FN4. The molecule has 3 aromatic rings. The monoisotopic (exact) mass is 364 g/mol. The summed E-state index contributed by atoms with van der Waals surface area (Å²) in [4.78, 5) is 9.32. The number of aromatic nitrogens is 2. The number of halogens is 1. The predicted molar refractivity (Wildman–Crippen MR) is 109 cm³/mol. The van der Waals surface area contributed by atoms with Gasteiger partial charge in [0, 0.05) is 23.7 Å². The summed E-state index contributed by atoms with van der Waals surface area (Å²) in [6.07, 6.45) is 0.785. The summed E-state index contributed by atoms with van der Waals surface area (Å²) in [6, 6.07) is 18.4. The van der Waals surface area contributed by atoms with Gasteiger partial charge in [0.05, 0.1) is 0 Å². The zero-order chi connectivity index (χ0) is 19.3. The third kappa shape index (κ3) is 5.78. The van der Waals surface area contributed by atoms with Gasteiger partial charge in [-0.25, -0.2) is 14.4 Å². The van der Waals surface area contributed by atoms with E-state index >= 15 is 0 Å². The summed E-state index contributed by atoms with van der Waals surface area (Å²) in [5.41, 5.74) is 1.94. The van der Waals surface area contributed by atoms with E-state index in [1.54, 1.807) is 12.1 Å². The van der Waals surface area contributed by atoms with E-state index in [-0.39, 0.29) is 11.4 Å². The SMILES string of the molecule is CC(C)(C)Nc1cc(NCCc2ccc(F)cc2)nc(-c2ccccc2)n1. The lowest BCUT2D eigenvalue weighted by atomic mass is 10.1. The molecule has 5 heteroatoms. The van der Waals surface area contributed by atoms with Crippen LogP contribution in [0.4, 0.5) is 16.0 Å². The molecule has 0 aliphatic heterocycles. The minimum absolute atomic E-state index is 0.103. The zero-order valence-electron chi connectivity index (χ0n) is 16.0. The average molecular weight is 364 g/mol. The number of anilines is 2. The van der Waals surface area contributed by atoms with Gasteiger partial charge in [-0.3, -0.25) is 0 Å². The van der Waals surface area contributed by atoms with Gasteiger partial charge in [0.15, 0.2) is 5.82 Å². The molecule has 4 nitrogen and oxygen atoms in total. The summed E-state index contributed by atoms with van der Waals surface area (Å²) < 4.78 is 13.0. The fourth-order valence-electron chi connectivity index (χ4n) is 2.69. The Hall–Kier alpha value is -2.95. The molecule has 140 valence electrons. The Labute approximate surface area is 159 Å². The van der Waals surface area contributed by atoms with Crippen LogP contribution in [0.25, 0.3) is 11.4 Å². The molecule has 0 radical (unpaired) electrons. The first-order chi connectivity index (χ1) is 12.9. The van der Waals surface area contributed by atoms with Gasteiger partial charge in [0.2, 0.25) is 0 Å². The van der Waals surface area contributed by atoms with Crippen LogP contribution in [-0.4, -0.2) is 22.1 Å². The molecule has 0 unspecified atom stereocenters. The highest BCUT2D eigenvalue weighted by Gasteiger charge is 2.13. The van der Waals surface area contributed by atoms with Crippen molar-refractivity contribution in [2.75, 3.05) is 17.2 Å². The Balaban J connectivity index is 1.78. The van der Waals surface area contributed by atoms with Crippen LogP contribution < -0.4 is 10.6 Å². The molecule has 0 saturated heterocycles. The van der Waals surface area contributed by atoms with Gasteiger partial charge in [-0.1, -0.05) is 42.5 Å². The molecule has 0 aliphatic rings. The third-order valence-electron chi connectivity index (χ3n) is 3.89. The quantitative estimate of drug-likeness (QED) is 0.635. The van der Waals surface area contributed by atoms with Gasteiger partial charge < -0.3 is 10.6 Å². The highest BCUT2D eigenvalue weighted by atomic mass is 19.1. The van der Waals surface area contributed by atoms with Crippen molar-refractivity contribution < 1.29 is 4.39 Å². The lowest BCUT2D eigenvalue weighted by molar-refractivity contribution is 0.627. The highest BCUT2D eigenvalue weighted by Crippen LogP contribution is 2.22. The highest BCUT2D eigenvalue weighted by molar-refractivity contribution is 5.61.